The third-order valence-corrected chi connectivity index (χ3v) is 0.864. The summed E-state index contributed by atoms with van der Waals surface area (Å²) in [6.07, 6.45) is 0.622. The molecule has 0 radical (unpaired) electrons. The molecule has 0 bridgehead atoms. The summed E-state index contributed by atoms with van der Waals surface area (Å²) in [5.74, 6) is 0.603. The highest BCUT2D eigenvalue weighted by Crippen LogP contribution is 1.97. The molecule has 2 nitrogen and oxygen atoms in total. The third-order valence-electron chi connectivity index (χ3n) is 0.864. The molecule has 0 fully saturated rings. The molecule has 0 aromatic carbocycles. The highest BCUT2D eigenvalue weighted by atomic mass is 35.5. The molecule has 0 saturated carbocycles. The van der Waals surface area contributed by atoms with Crippen molar-refractivity contribution >= 4 is 18.2 Å². The van der Waals surface area contributed by atoms with Gasteiger partial charge >= 0.3 is 0 Å². The van der Waals surface area contributed by atoms with E-state index in [0.717, 1.165) is 0 Å². The minimum absolute atomic E-state index is 0. The molecule has 3 heteroatoms. The lowest BCUT2D eigenvalue weighted by molar-refractivity contribution is -0.118. The van der Waals surface area contributed by atoms with Crippen LogP contribution in [0.5, 0.6) is 0 Å². The molecule has 0 unspecified atom stereocenters. The molecule has 0 atom stereocenters. The molecule has 0 aromatic rings. The number of carbonyl (C=O) groups excluding carboxylic acids is 1. The number of Topliss-reactive ketones (excluding diaryl/α,β-unsaturated/α-hetero) is 1. The summed E-state index contributed by atoms with van der Waals surface area (Å²) in [5, 5.41) is 0. The first-order valence-corrected chi connectivity index (χ1v) is 2.88. The molecule has 56 valence electrons. The average molecular weight is 152 g/mol. The van der Waals surface area contributed by atoms with Gasteiger partial charge in [0.2, 0.25) is 0 Å². The van der Waals surface area contributed by atoms with Crippen LogP contribution in [0.4, 0.5) is 0 Å². The quantitative estimate of drug-likeness (QED) is 0.654. The van der Waals surface area contributed by atoms with Crippen LogP contribution in [-0.4, -0.2) is 12.3 Å². The Labute approximate surface area is 62.2 Å². The molecule has 0 aliphatic heterocycles. The number of hydrogen-bond donors (Lipinski definition) is 1. The molecular weight excluding hydrogens is 138 g/mol. The van der Waals surface area contributed by atoms with Crippen molar-refractivity contribution in [2.45, 2.75) is 20.3 Å². The molecule has 0 heterocycles. The molecule has 0 aromatic heterocycles. The van der Waals surface area contributed by atoms with Gasteiger partial charge in [0.05, 0.1) is 6.54 Å². The van der Waals surface area contributed by atoms with Gasteiger partial charge in [0.15, 0.2) is 0 Å². The summed E-state index contributed by atoms with van der Waals surface area (Å²) in [7, 11) is 0. The van der Waals surface area contributed by atoms with Gasteiger partial charge < -0.3 is 5.73 Å². The zero-order valence-electron chi connectivity index (χ0n) is 5.89. The van der Waals surface area contributed by atoms with E-state index in [4.69, 9.17) is 5.73 Å². The van der Waals surface area contributed by atoms with E-state index in [0.29, 0.717) is 12.3 Å². The summed E-state index contributed by atoms with van der Waals surface area (Å²) in [4.78, 5) is 10.5. The third kappa shape index (κ3) is 7.92. The Hall–Kier alpha value is -0.0800. The largest absolute Gasteiger partial charge is 0.324 e. The smallest absolute Gasteiger partial charge is 0.146 e. The van der Waals surface area contributed by atoms with Gasteiger partial charge in [0.1, 0.15) is 5.78 Å². The molecule has 0 saturated heterocycles. The van der Waals surface area contributed by atoms with Crippen molar-refractivity contribution in [3.05, 3.63) is 0 Å². The zero-order valence-corrected chi connectivity index (χ0v) is 6.70. The number of halogens is 1. The number of nitrogens with two attached hydrogens (primary N) is 1. The molecule has 0 spiro atoms. The van der Waals surface area contributed by atoms with Gasteiger partial charge in [0.25, 0.3) is 0 Å². The van der Waals surface area contributed by atoms with E-state index in [2.05, 4.69) is 0 Å². The molecule has 0 amide bonds. The topological polar surface area (TPSA) is 43.1 Å². The number of rotatable bonds is 3. The Morgan fingerprint density at radius 3 is 2.11 bits per heavy atom. The van der Waals surface area contributed by atoms with Gasteiger partial charge in [-0.1, -0.05) is 13.8 Å². The fourth-order valence-electron chi connectivity index (χ4n) is 0.539. The molecular formula is C6H14ClNO. The lowest BCUT2D eigenvalue weighted by Gasteiger charge is -1.98. The first kappa shape index (κ1) is 11.7. The van der Waals surface area contributed by atoms with Crippen LogP contribution in [0, 0.1) is 5.92 Å². The van der Waals surface area contributed by atoms with Crippen molar-refractivity contribution in [2.75, 3.05) is 6.54 Å². The van der Waals surface area contributed by atoms with Crippen LogP contribution in [-0.2, 0) is 4.79 Å². The number of hydrogen-bond acceptors (Lipinski definition) is 2. The first-order chi connectivity index (χ1) is 3.66. The normalized spacial score (nSPS) is 8.89. The van der Waals surface area contributed by atoms with Crippen LogP contribution in [0.15, 0.2) is 0 Å². The van der Waals surface area contributed by atoms with Crippen LogP contribution in [0.25, 0.3) is 0 Å². The first-order valence-electron chi connectivity index (χ1n) is 2.88. The minimum Gasteiger partial charge on any atom is -0.324 e. The van der Waals surface area contributed by atoms with Gasteiger partial charge in [-0.2, -0.15) is 0 Å². The summed E-state index contributed by atoms with van der Waals surface area (Å²) in [6, 6.07) is 0. The van der Waals surface area contributed by atoms with Crippen molar-refractivity contribution in [3.63, 3.8) is 0 Å². The maximum absolute atomic E-state index is 10.5. The van der Waals surface area contributed by atoms with Crippen LogP contribution in [0.3, 0.4) is 0 Å². The fourth-order valence-corrected chi connectivity index (χ4v) is 0.539. The Morgan fingerprint density at radius 2 is 2.00 bits per heavy atom. The van der Waals surface area contributed by atoms with Gasteiger partial charge in [-0.15, -0.1) is 12.4 Å². The number of carbonyl (C=O) groups is 1. The molecule has 0 aliphatic carbocycles. The summed E-state index contributed by atoms with van der Waals surface area (Å²) in [6.45, 7) is 4.21. The zero-order chi connectivity index (χ0) is 6.57. The van der Waals surface area contributed by atoms with Crippen LogP contribution >= 0.6 is 12.4 Å². The Morgan fingerprint density at radius 1 is 1.56 bits per heavy atom. The Balaban J connectivity index is 0. The molecule has 0 rings (SSSR count). The van der Waals surface area contributed by atoms with Crippen molar-refractivity contribution in [1.29, 1.82) is 0 Å². The fraction of sp³-hybridized carbons (Fsp3) is 0.833. The second-order valence-electron chi connectivity index (χ2n) is 2.34. The van der Waals surface area contributed by atoms with Crippen molar-refractivity contribution in [1.82, 2.24) is 0 Å². The molecule has 9 heavy (non-hydrogen) atoms. The predicted octanol–water partition coefficient (Wildman–Crippen LogP) is 0.982. The lowest BCUT2D eigenvalue weighted by atomic mass is 10.1. The predicted molar refractivity (Wildman–Crippen MR) is 40.8 cm³/mol. The average Bonchev–Trinajstić information content (AvgIpc) is 1.65. The van der Waals surface area contributed by atoms with Gasteiger partial charge in [-0.25, -0.2) is 0 Å². The summed E-state index contributed by atoms with van der Waals surface area (Å²) in [5.41, 5.74) is 5.07. The van der Waals surface area contributed by atoms with Crippen LogP contribution in [0.2, 0.25) is 0 Å². The Bertz CT molecular complexity index is 83.1. The number of ketones is 1. The van der Waals surface area contributed by atoms with E-state index < -0.39 is 0 Å². The van der Waals surface area contributed by atoms with Crippen LogP contribution in [0.1, 0.15) is 20.3 Å². The maximum atomic E-state index is 10.5. The standard InChI is InChI=1S/C6H13NO.ClH/c1-5(2)3-6(8)4-7;/h5H,3-4,7H2,1-2H3;1H. The monoisotopic (exact) mass is 151 g/mol. The van der Waals surface area contributed by atoms with Gasteiger partial charge in [0, 0.05) is 6.42 Å². The second-order valence-corrected chi connectivity index (χ2v) is 2.34. The van der Waals surface area contributed by atoms with Crippen molar-refractivity contribution in [3.8, 4) is 0 Å². The highest BCUT2D eigenvalue weighted by Gasteiger charge is 2.00. The van der Waals surface area contributed by atoms with Crippen LogP contribution < -0.4 is 5.73 Å². The van der Waals surface area contributed by atoms with E-state index in [9.17, 15) is 4.79 Å². The second kappa shape index (κ2) is 6.05. The van der Waals surface area contributed by atoms with E-state index in [1.54, 1.807) is 0 Å². The molecule has 2 N–H and O–H groups in total. The van der Waals surface area contributed by atoms with Gasteiger partial charge in [-0.3, -0.25) is 4.79 Å². The minimum atomic E-state index is 0. The maximum Gasteiger partial charge on any atom is 0.146 e. The van der Waals surface area contributed by atoms with E-state index >= 15 is 0 Å². The lowest BCUT2D eigenvalue weighted by Crippen LogP contribution is -2.14. The molecule has 0 aliphatic rings. The van der Waals surface area contributed by atoms with Crippen molar-refractivity contribution < 1.29 is 4.79 Å². The van der Waals surface area contributed by atoms with Gasteiger partial charge in [-0.05, 0) is 5.92 Å². The van der Waals surface area contributed by atoms with E-state index in [1.807, 2.05) is 13.8 Å². The van der Waals surface area contributed by atoms with E-state index in [1.165, 1.54) is 0 Å². The Kier molecular flexibility index (Phi) is 7.85. The summed E-state index contributed by atoms with van der Waals surface area (Å²) >= 11 is 0. The summed E-state index contributed by atoms with van der Waals surface area (Å²) < 4.78 is 0. The van der Waals surface area contributed by atoms with E-state index in [-0.39, 0.29) is 24.7 Å². The SMILES string of the molecule is CC(C)CC(=O)CN.Cl. The highest BCUT2D eigenvalue weighted by molar-refractivity contribution is 5.85. The van der Waals surface area contributed by atoms with Crippen molar-refractivity contribution in [2.24, 2.45) is 11.7 Å².